The van der Waals surface area contributed by atoms with Crippen molar-refractivity contribution in [3.63, 3.8) is 0 Å². The normalized spacial score (nSPS) is 10.5. The summed E-state index contributed by atoms with van der Waals surface area (Å²) in [6.45, 7) is 9.05. The van der Waals surface area contributed by atoms with Crippen LogP contribution in [-0.4, -0.2) is 0 Å². The first kappa shape index (κ1) is 10.9. The lowest BCUT2D eigenvalue weighted by Gasteiger charge is -2.15. The quantitative estimate of drug-likeness (QED) is 0.563. The molecule has 0 heterocycles. The molecular weight excluding hydrogens is 98.1 g/mol. The van der Waals surface area contributed by atoms with Crippen LogP contribution in [0.5, 0.6) is 0 Å². The predicted molar refractivity (Wildman–Crippen MR) is 39.4 cm³/mol. The highest BCUT2D eigenvalue weighted by molar-refractivity contribution is 4.58. The number of rotatable bonds is 1. The second kappa shape index (κ2) is 3.90. The monoisotopic (exact) mass is 117 g/mol. The maximum absolute atomic E-state index is 2.27. The first-order valence-corrected chi connectivity index (χ1v) is 3.06. The minimum atomic E-state index is 0. The van der Waals surface area contributed by atoms with Gasteiger partial charge in [-0.15, -0.1) is 0 Å². The van der Waals surface area contributed by atoms with Gasteiger partial charge in [-0.2, -0.15) is 0 Å². The van der Waals surface area contributed by atoms with Crippen molar-refractivity contribution in [1.29, 1.82) is 0 Å². The Bertz CT molecular complexity index is 42.8. The van der Waals surface area contributed by atoms with Crippen LogP contribution in [0, 0.1) is 5.41 Å². The summed E-state index contributed by atoms with van der Waals surface area (Å²) in [5.74, 6) is 0. The molecule has 0 spiro atoms. The van der Waals surface area contributed by atoms with Crippen LogP contribution in [0.1, 0.15) is 40.5 Å². The summed E-state index contributed by atoms with van der Waals surface area (Å²) < 4.78 is 0. The summed E-state index contributed by atoms with van der Waals surface area (Å²) in [5.41, 5.74) is 0.550. The summed E-state index contributed by atoms with van der Waals surface area (Å²) >= 11 is 0. The largest absolute Gasteiger partial charge is 0.344 e. The zero-order valence-electron chi connectivity index (χ0n) is 6.62. The Hall–Kier alpha value is -0.0400. The third-order valence-corrected chi connectivity index (χ3v) is 1.000. The Morgan fingerprint density at radius 1 is 1.12 bits per heavy atom. The van der Waals surface area contributed by atoms with E-state index in [1.54, 1.807) is 0 Å². The van der Waals surface area contributed by atoms with Crippen molar-refractivity contribution in [1.82, 2.24) is 6.15 Å². The van der Waals surface area contributed by atoms with E-state index in [-0.39, 0.29) is 6.15 Å². The van der Waals surface area contributed by atoms with E-state index in [0.29, 0.717) is 5.41 Å². The molecule has 0 saturated carbocycles. The van der Waals surface area contributed by atoms with Gasteiger partial charge in [-0.05, 0) is 11.8 Å². The first-order valence-electron chi connectivity index (χ1n) is 3.06. The molecule has 1 heteroatoms. The van der Waals surface area contributed by atoms with E-state index in [9.17, 15) is 0 Å². The van der Waals surface area contributed by atoms with Crippen LogP contribution in [-0.2, 0) is 0 Å². The first-order chi connectivity index (χ1) is 3.06. The van der Waals surface area contributed by atoms with Crippen LogP contribution in [0.4, 0.5) is 0 Å². The van der Waals surface area contributed by atoms with Crippen molar-refractivity contribution >= 4 is 0 Å². The van der Waals surface area contributed by atoms with Crippen LogP contribution in [0.15, 0.2) is 0 Å². The second-order valence-electron chi connectivity index (χ2n) is 3.31. The van der Waals surface area contributed by atoms with E-state index in [0.717, 1.165) is 0 Å². The molecule has 0 aliphatic carbocycles. The van der Waals surface area contributed by atoms with Crippen LogP contribution in [0.2, 0.25) is 0 Å². The lowest BCUT2D eigenvalue weighted by molar-refractivity contribution is 0.373. The van der Waals surface area contributed by atoms with Gasteiger partial charge in [0, 0.05) is 0 Å². The van der Waals surface area contributed by atoms with E-state index in [4.69, 9.17) is 0 Å². The van der Waals surface area contributed by atoms with Gasteiger partial charge < -0.3 is 6.15 Å². The molecule has 0 aromatic heterocycles. The van der Waals surface area contributed by atoms with E-state index >= 15 is 0 Å². The van der Waals surface area contributed by atoms with Crippen LogP contribution < -0.4 is 6.15 Å². The predicted octanol–water partition coefficient (Wildman–Crippen LogP) is 2.99. The molecular formula is C7H19N. The molecule has 0 unspecified atom stereocenters. The minimum absolute atomic E-state index is 0. The Kier molecular flexibility index (Phi) is 5.29. The van der Waals surface area contributed by atoms with Gasteiger partial charge in [-0.25, -0.2) is 0 Å². The van der Waals surface area contributed by atoms with Gasteiger partial charge in [-0.3, -0.25) is 0 Å². The molecule has 1 nitrogen and oxygen atoms in total. The summed E-state index contributed by atoms with van der Waals surface area (Å²) in [5, 5.41) is 0. The number of hydrogen-bond donors (Lipinski definition) is 1. The van der Waals surface area contributed by atoms with Crippen molar-refractivity contribution < 1.29 is 0 Å². The van der Waals surface area contributed by atoms with Gasteiger partial charge in [0.15, 0.2) is 0 Å². The molecule has 0 fully saturated rings. The summed E-state index contributed by atoms with van der Waals surface area (Å²) in [6, 6.07) is 0. The lowest BCUT2D eigenvalue weighted by Crippen LogP contribution is -2.02. The van der Waals surface area contributed by atoms with Gasteiger partial charge in [-0.1, -0.05) is 34.1 Å². The van der Waals surface area contributed by atoms with Gasteiger partial charge in [0.25, 0.3) is 0 Å². The van der Waals surface area contributed by atoms with E-state index in [2.05, 4.69) is 27.7 Å². The maximum atomic E-state index is 2.27. The lowest BCUT2D eigenvalue weighted by atomic mass is 9.91. The summed E-state index contributed by atoms with van der Waals surface area (Å²) in [4.78, 5) is 0. The van der Waals surface area contributed by atoms with Gasteiger partial charge in [0.2, 0.25) is 0 Å². The average Bonchev–Trinajstić information content (AvgIpc) is 1.30. The Labute approximate surface area is 53.1 Å². The fraction of sp³-hybridized carbons (Fsp3) is 1.00. The molecule has 0 aliphatic rings. The zero-order chi connectivity index (χ0) is 5.91. The Morgan fingerprint density at radius 2 is 1.50 bits per heavy atom. The van der Waals surface area contributed by atoms with Crippen molar-refractivity contribution in [2.75, 3.05) is 0 Å². The molecule has 8 heavy (non-hydrogen) atoms. The molecule has 52 valence electrons. The molecule has 0 radical (unpaired) electrons. The van der Waals surface area contributed by atoms with E-state index in [1.807, 2.05) is 0 Å². The van der Waals surface area contributed by atoms with Crippen molar-refractivity contribution in [2.24, 2.45) is 5.41 Å². The van der Waals surface area contributed by atoms with Crippen LogP contribution >= 0.6 is 0 Å². The smallest absolute Gasteiger partial charge is 0.0383 e. The molecule has 0 saturated heterocycles. The second-order valence-corrected chi connectivity index (χ2v) is 3.31. The molecule has 0 amide bonds. The molecule has 3 N–H and O–H groups in total. The summed E-state index contributed by atoms with van der Waals surface area (Å²) in [6.07, 6.45) is 2.65. The molecule has 0 bridgehead atoms. The third kappa shape index (κ3) is 9.35. The molecule has 0 aliphatic heterocycles. The molecule has 0 aromatic rings. The Balaban J connectivity index is 0. The zero-order valence-corrected chi connectivity index (χ0v) is 6.62. The standard InChI is InChI=1S/C7H16.H3N/c1-5-6-7(2,3)4;/h5-6H2,1-4H3;1H3. The van der Waals surface area contributed by atoms with E-state index in [1.165, 1.54) is 12.8 Å². The van der Waals surface area contributed by atoms with Crippen LogP contribution in [0.3, 0.4) is 0 Å². The molecule has 0 aromatic carbocycles. The average molecular weight is 117 g/mol. The fourth-order valence-electron chi connectivity index (χ4n) is 0.750. The molecule has 0 atom stereocenters. The van der Waals surface area contributed by atoms with Gasteiger partial charge >= 0.3 is 0 Å². The topological polar surface area (TPSA) is 35.0 Å². The van der Waals surface area contributed by atoms with Gasteiger partial charge in [0.05, 0.1) is 0 Å². The van der Waals surface area contributed by atoms with Crippen LogP contribution in [0.25, 0.3) is 0 Å². The van der Waals surface area contributed by atoms with Crippen molar-refractivity contribution in [2.45, 2.75) is 40.5 Å². The third-order valence-electron chi connectivity index (χ3n) is 1.000. The highest BCUT2D eigenvalue weighted by atomic mass is 14.1. The minimum Gasteiger partial charge on any atom is -0.344 e. The van der Waals surface area contributed by atoms with Crippen molar-refractivity contribution in [3.05, 3.63) is 0 Å². The number of hydrogen-bond acceptors (Lipinski definition) is 1. The fourth-order valence-corrected chi connectivity index (χ4v) is 0.750. The summed E-state index contributed by atoms with van der Waals surface area (Å²) in [7, 11) is 0. The highest BCUT2D eigenvalue weighted by Crippen LogP contribution is 2.19. The van der Waals surface area contributed by atoms with Crippen molar-refractivity contribution in [3.8, 4) is 0 Å². The SMILES string of the molecule is CCCC(C)(C)C.N. The highest BCUT2D eigenvalue weighted by Gasteiger charge is 2.06. The maximum Gasteiger partial charge on any atom is -0.0383 e. The van der Waals surface area contributed by atoms with E-state index < -0.39 is 0 Å². The van der Waals surface area contributed by atoms with Gasteiger partial charge in [0.1, 0.15) is 0 Å². The molecule has 0 rings (SSSR count). The Morgan fingerprint density at radius 3 is 1.50 bits per heavy atom.